The van der Waals surface area contributed by atoms with Gasteiger partial charge in [0.15, 0.2) is 0 Å². The molecule has 29 heavy (non-hydrogen) atoms. The zero-order valence-electron chi connectivity index (χ0n) is 16.4. The molecule has 0 aromatic heterocycles. The zero-order chi connectivity index (χ0) is 20.4. The zero-order valence-corrected chi connectivity index (χ0v) is 17.2. The summed E-state index contributed by atoms with van der Waals surface area (Å²) >= 11 is 0. The highest BCUT2D eigenvalue weighted by Gasteiger charge is 2.30. The van der Waals surface area contributed by atoms with Crippen molar-refractivity contribution >= 4 is 26.7 Å². The van der Waals surface area contributed by atoms with Crippen LogP contribution in [-0.2, 0) is 21.2 Å². The SMILES string of the molecule is Cc1ccc(CC(=O)N2CCN(S(=O)(=O)c3ccc4ccccc4c3)CC2)cc1. The lowest BCUT2D eigenvalue weighted by Crippen LogP contribution is -2.50. The standard InChI is InChI=1S/C23H24N2O3S/c1-18-6-8-19(9-7-18)16-23(26)24-12-14-25(15-13-24)29(27,28)22-11-10-20-4-2-3-5-21(20)17-22/h2-11,17H,12-16H2,1H3. The largest absolute Gasteiger partial charge is 0.340 e. The van der Waals surface area contributed by atoms with Gasteiger partial charge in [0.2, 0.25) is 15.9 Å². The van der Waals surface area contributed by atoms with Gasteiger partial charge in [-0.3, -0.25) is 4.79 Å². The van der Waals surface area contributed by atoms with E-state index in [0.29, 0.717) is 37.5 Å². The maximum absolute atomic E-state index is 13.1. The Bertz CT molecular complexity index is 1130. The number of aryl methyl sites for hydroxylation is 1. The Balaban J connectivity index is 1.42. The second-order valence-electron chi connectivity index (χ2n) is 7.46. The van der Waals surface area contributed by atoms with Gasteiger partial charge >= 0.3 is 0 Å². The number of carbonyl (C=O) groups is 1. The molecule has 4 rings (SSSR count). The van der Waals surface area contributed by atoms with E-state index in [9.17, 15) is 13.2 Å². The number of hydrogen-bond acceptors (Lipinski definition) is 3. The fourth-order valence-corrected chi connectivity index (χ4v) is 5.11. The number of fused-ring (bicyclic) bond motifs is 1. The Morgan fingerprint density at radius 1 is 0.862 bits per heavy atom. The van der Waals surface area contributed by atoms with Crippen LogP contribution in [0.3, 0.4) is 0 Å². The van der Waals surface area contributed by atoms with E-state index in [-0.39, 0.29) is 5.91 Å². The topological polar surface area (TPSA) is 57.7 Å². The first-order chi connectivity index (χ1) is 13.9. The van der Waals surface area contributed by atoms with Crippen LogP contribution in [0.1, 0.15) is 11.1 Å². The summed E-state index contributed by atoms with van der Waals surface area (Å²) in [5.41, 5.74) is 2.14. The molecule has 150 valence electrons. The van der Waals surface area contributed by atoms with E-state index in [1.807, 2.05) is 61.5 Å². The second kappa shape index (κ2) is 7.97. The molecule has 0 spiro atoms. The summed E-state index contributed by atoms with van der Waals surface area (Å²) in [4.78, 5) is 14.6. The average molecular weight is 409 g/mol. The van der Waals surface area contributed by atoms with Crippen molar-refractivity contribution in [2.45, 2.75) is 18.2 Å². The molecule has 1 aliphatic rings. The molecule has 0 atom stereocenters. The van der Waals surface area contributed by atoms with Crippen molar-refractivity contribution in [2.24, 2.45) is 0 Å². The number of rotatable bonds is 4. The third-order valence-corrected chi connectivity index (χ3v) is 7.32. The highest BCUT2D eigenvalue weighted by molar-refractivity contribution is 7.89. The van der Waals surface area contributed by atoms with Gasteiger partial charge in [-0.05, 0) is 35.4 Å². The van der Waals surface area contributed by atoms with Gasteiger partial charge in [-0.1, -0.05) is 60.2 Å². The van der Waals surface area contributed by atoms with E-state index in [1.165, 1.54) is 4.31 Å². The first-order valence-electron chi connectivity index (χ1n) is 9.76. The van der Waals surface area contributed by atoms with Crippen molar-refractivity contribution in [3.05, 3.63) is 77.9 Å². The van der Waals surface area contributed by atoms with Crippen molar-refractivity contribution in [1.82, 2.24) is 9.21 Å². The maximum atomic E-state index is 13.1. The van der Waals surface area contributed by atoms with Crippen molar-refractivity contribution in [3.8, 4) is 0 Å². The molecule has 0 radical (unpaired) electrons. The molecule has 1 amide bonds. The van der Waals surface area contributed by atoms with Crippen LogP contribution in [0.2, 0.25) is 0 Å². The Kier molecular flexibility index (Phi) is 5.39. The first-order valence-corrected chi connectivity index (χ1v) is 11.2. The maximum Gasteiger partial charge on any atom is 0.243 e. The summed E-state index contributed by atoms with van der Waals surface area (Å²) in [5, 5.41) is 1.92. The van der Waals surface area contributed by atoms with Crippen LogP contribution in [0, 0.1) is 6.92 Å². The van der Waals surface area contributed by atoms with Gasteiger partial charge in [0.05, 0.1) is 11.3 Å². The van der Waals surface area contributed by atoms with E-state index in [0.717, 1.165) is 21.9 Å². The highest BCUT2D eigenvalue weighted by atomic mass is 32.2. The minimum absolute atomic E-state index is 0.0385. The molecule has 1 fully saturated rings. The van der Waals surface area contributed by atoms with Crippen molar-refractivity contribution in [3.63, 3.8) is 0 Å². The van der Waals surface area contributed by atoms with Gasteiger partial charge in [0.25, 0.3) is 0 Å². The molecule has 0 N–H and O–H groups in total. The van der Waals surface area contributed by atoms with Crippen LogP contribution in [0.5, 0.6) is 0 Å². The summed E-state index contributed by atoms with van der Waals surface area (Å²) in [6.07, 6.45) is 0.345. The fourth-order valence-electron chi connectivity index (χ4n) is 3.65. The molecular weight excluding hydrogens is 384 g/mol. The molecule has 0 saturated carbocycles. The molecule has 0 aliphatic carbocycles. The number of benzene rings is 3. The number of nitrogens with zero attached hydrogens (tertiary/aromatic N) is 2. The first kappa shape index (κ1) is 19.6. The Morgan fingerprint density at radius 3 is 2.21 bits per heavy atom. The smallest absolute Gasteiger partial charge is 0.243 e. The Morgan fingerprint density at radius 2 is 1.52 bits per heavy atom. The molecule has 1 saturated heterocycles. The molecule has 3 aromatic carbocycles. The van der Waals surface area contributed by atoms with Crippen LogP contribution in [0.4, 0.5) is 0 Å². The van der Waals surface area contributed by atoms with Gasteiger partial charge in [-0.2, -0.15) is 4.31 Å². The molecule has 3 aromatic rings. The van der Waals surface area contributed by atoms with Crippen LogP contribution in [-0.4, -0.2) is 49.7 Å². The number of carbonyl (C=O) groups excluding carboxylic acids is 1. The summed E-state index contributed by atoms with van der Waals surface area (Å²) < 4.78 is 27.6. The number of sulfonamides is 1. The van der Waals surface area contributed by atoms with E-state index in [2.05, 4.69) is 0 Å². The quantitative estimate of drug-likeness (QED) is 0.666. The lowest BCUT2D eigenvalue weighted by molar-refractivity contribution is -0.131. The van der Waals surface area contributed by atoms with E-state index >= 15 is 0 Å². The summed E-state index contributed by atoms with van der Waals surface area (Å²) in [6, 6.07) is 20.9. The minimum Gasteiger partial charge on any atom is -0.340 e. The normalized spacial score (nSPS) is 15.6. The van der Waals surface area contributed by atoms with Gasteiger partial charge in [0, 0.05) is 26.2 Å². The van der Waals surface area contributed by atoms with E-state index in [1.54, 1.807) is 17.0 Å². The molecule has 1 aliphatic heterocycles. The minimum atomic E-state index is -3.57. The summed E-state index contributed by atoms with van der Waals surface area (Å²) in [5.74, 6) is 0.0385. The van der Waals surface area contributed by atoms with E-state index < -0.39 is 10.0 Å². The lowest BCUT2D eigenvalue weighted by atomic mass is 10.1. The van der Waals surface area contributed by atoms with Gasteiger partial charge in [-0.25, -0.2) is 8.42 Å². The highest BCUT2D eigenvalue weighted by Crippen LogP contribution is 2.23. The second-order valence-corrected chi connectivity index (χ2v) is 9.39. The monoisotopic (exact) mass is 408 g/mol. The summed E-state index contributed by atoms with van der Waals surface area (Å²) in [7, 11) is -3.57. The molecule has 6 heteroatoms. The van der Waals surface area contributed by atoms with Crippen LogP contribution < -0.4 is 0 Å². The van der Waals surface area contributed by atoms with Crippen LogP contribution in [0.25, 0.3) is 10.8 Å². The van der Waals surface area contributed by atoms with Crippen molar-refractivity contribution in [1.29, 1.82) is 0 Å². The molecule has 0 unspecified atom stereocenters. The van der Waals surface area contributed by atoms with Crippen LogP contribution in [0.15, 0.2) is 71.6 Å². The third-order valence-electron chi connectivity index (χ3n) is 5.43. The van der Waals surface area contributed by atoms with Crippen molar-refractivity contribution in [2.75, 3.05) is 26.2 Å². The average Bonchev–Trinajstić information content (AvgIpc) is 2.75. The molecular formula is C23H24N2O3S. The van der Waals surface area contributed by atoms with E-state index in [4.69, 9.17) is 0 Å². The Labute approximate surface area is 171 Å². The molecule has 1 heterocycles. The molecule has 0 bridgehead atoms. The Hall–Kier alpha value is -2.70. The third kappa shape index (κ3) is 4.18. The van der Waals surface area contributed by atoms with Crippen molar-refractivity contribution < 1.29 is 13.2 Å². The number of piperazine rings is 1. The predicted molar refractivity (Wildman–Crippen MR) is 114 cm³/mol. The molecule has 5 nitrogen and oxygen atoms in total. The number of amides is 1. The van der Waals surface area contributed by atoms with Gasteiger partial charge in [-0.15, -0.1) is 0 Å². The number of hydrogen-bond donors (Lipinski definition) is 0. The summed E-state index contributed by atoms with van der Waals surface area (Å²) in [6.45, 7) is 3.47. The van der Waals surface area contributed by atoms with Gasteiger partial charge in [0.1, 0.15) is 0 Å². The van der Waals surface area contributed by atoms with Gasteiger partial charge < -0.3 is 4.90 Å². The fraction of sp³-hybridized carbons (Fsp3) is 0.261. The predicted octanol–water partition coefficient (Wildman–Crippen LogP) is 3.22. The van der Waals surface area contributed by atoms with Crippen LogP contribution >= 0.6 is 0 Å². The lowest BCUT2D eigenvalue weighted by Gasteiger charge is -2.34.